The van der Waals surface area contributed by atoms with Gasteiger partial charge in [-0.05, 0) is 38.5 Å². The first-order valence-electron chi connectivity index (χ1n) is 9.42. The van der Waals surface area contributed by atoms with Crippen LogP contribution in [0.3, 0.4) is 0 Å². The quantitative estimate of drug-likeness (QED) is 0.818. The average molecular weight is 344 g/mol. The molecule has 4 fully saturated rings. The van der Waals surface area contributed by atoms with Gasteiger partial charge in [-0.2, -0.15) is 4.98 Å². The van der Waals surface area contributed by atoms with Gasteiger partial charge < -0.3 is 14.3 Å². The zero-order chi connectivity index (χ0) is 17.2. The van der Waals surface area contributed by atoms with Crippen molar-refractivity contribution in [2.45, 2.75) is 44.4 Å². The smallest absolute Gasteiger partial charge is 0.236 e. The van der Waals surface area contributed by atoms with E-state index >= 15 is 0 Å². The molecule has 7 heteroatoms. The standard InChI is InChI=1S/C18H24N4O3/c1-11-19-17(25-20-11)18-9-21(15(23)6-12-2-3-12)7-14(18)8-22(10-18)16(24)13-4-5-13/h12-14H,2-10H2,1H3/t14-,18-/m0/s1. The number of nitrogens with zero attached hydrogens (tertiary/aromatic N) is 4. The number of aryl methyl sites for hydroxylation is 1. The molecule has 134 valence electrons. The molecule has 2 saturated heterocycles. The monoisotopic (exact) mass is 344 g/mol. The van der Waals surface area contributed by atoms with E-state index in [2.05, 4.69) is 10.1 Å². The van der Waals surface area contributed by atoms with Crippen molar-refractivity contribution in [1.82, 2.24) is 19.9 Å². The predicted octanol–water partition coefficient (Wildman–Crippen LogP) is 1.13. The van der Waals surface area contributed by atoms with E-state index in [4.69, 9.17) is 4.52 Å². The molecule has 0 N–H and O–H groups in total. The Morgan fingerprint density at radius 1 is 1.16 bits per heavy atom. The third kappa shape index (κ3) is 2.55. The van der Waals surface area contributed by atoms with Crippen molar-refractivity contribution in [2.24, 2.45) is 17.8 Å². The molecule has 2 saturated carbocycles. The molecule has 2 amide bonds. The van der Waals surface area contributed by atoms with Gasteiger partial charge in [0.2, 0.25) is 17.7 Å². The number of rotatable bonds is 4. The molecule has 2 aliphatic heterocycles. The lowest BCUT2D eigenvalue weighted by atomic mass is 9.81. The third-order valence-corrected chi connectivity index (χ3v) is 6.31. The highest BCUT2D eigenvalue weighted by Crippen LogP contribution is 2.46. The van der Waals surface area contributed by atoms with E-state index < -0.39 is 0 Å². The molecule has 0 unspecified atom stereocenters. The first-order chi connectivity index (χ1) is 12.0. The zero-order valence-corrected chi connectivity index (χ0v) is 14.6. The van der Waals surface area contributed by atoms with Crippen molar-refractivity contribution in [1.29, 1.82) is 0 Å². The van der Waals surface area contributed by atoms with Crippen molar-refractivity contribution in [3.05, 3.63) is 11.7 Å². The second-order valence-corrected chi connectivity index (χ2v) is 8.41. The van der Waals surface area contributed by atoms with Crippen LogP contribution in [0.5, 0.6) is 0 Å². The highest BCUT2D eigenvalue weighted by Gasteiger charge is 2.59. The highest BCUT2D eigenvalue weighted by atomic mass is 16.5. The van der Waals surface area contributed by atoms with Gasteiger partial charge in [-0.15, -0.1) is 0 Å². The van der Waals surface area contributed by atoms with Crippen molar-refractivity contribution < 1.29 is 14.1 Å². The van der Waals surface area contributed by atoms with Crippen LogP contribution in [-0.2, 0) is 15.0 Å². The number of hydrogen-bond acceptors (Lipinski definition) is 5. The maximum Gasteiger partial charge on any atom is 0.236 e. The van der Waals surface area contributed by atoms with Crippen molar-refractivity contribution in [2.75, 3.05) is 26.2 Å². The summed E-state index contributed by atoms with van der Waals surface area (Å²) in [6.07, 6.45) is 5.05. The van der Waals surface area contributed by atoms with E-state index in [0.29, 0.717) is 50.2 Å². The maximum absolute atomic E-state index is 12.6. The Morgan fingerprint density at radius 2 is 1.88 bits per heavy atom. The van der Waals surface area contributed by atoms with Crippen LogP contribution in [0.15, 0.2) is 4.52 Å². The normalized spacial score (nSPS) is 31.5. The summed E-state index contributed by atoms with van der Waals surface area (Å²) in [4.78, 5) is 33.6. The summed E-state index contributed by atoms with van der Waals surface area (Å²) in [5, 5.41) is 3.97. The number of carbonyl (C=O) groups excluding carboxylic acids is 2. The van der Waals surface area contributed by atoms with E-state index in [0.717, 1.165) is 12.8 Å². The van der Waals surface area contributed by atoms with Crippen LogP contribution in [0.1, 0.15) is 43.8 Å². The second-order valence-electron chi connectivity index (χ2n) is 8.41. The van der Waals surface area contributed by atoms with E-state index in [1.54, 1.807) is 0 Å². The fourth-order valence-electron chi connectivity index (χ4n) is 4.51. The fraction of sp³-hybridized carbons (Fsp3) is 0.778. The SMILES string of the molecule is Cc1noc([C@]23CN(C(=O)CC4CC4)C[C@H]2CN(C(=O)C2CC2)C3)n1. The molecule has 7 nitrogen and oxygen atoms in total. The molecular formula is C18H24N4O3. The maximum atomic E-state index is 12.6. The molecule has 2 aliphatic carbocycles. The largest absolute Gasteiger partial charge is 0.341 e. The second kappa shape index (κ2) is 5.29. The lowest BCUT2D eigenvalue weighted by molar-refractivity contribution is -0.132. The molecular weight excluding hydrogens is 320 g/mol. The third-order valence-electron chi connectivity index (χ3n) is 6.31. The van der Waals surface area contributed by atoms with Crippen molar-refractivity contribution in [3.8, 4) is 0 Å². The Kier molecular flexibility index (Phi) is 3.24. The number of aromatic nitrogens is 2. The predicted molar refractivity (Wildman–Crippen MR) is 87.4 cm³/mol. The summed E-state index contributed by atoms with van der Waals surface area (Å²) in [5.41, 5.74) is -0.384. The van der Waals surface area contributed by atoms with E-state index in [1.807, 2.05) is 16.7 Å². The Hall–Kier alpha value is -1.92. The first kappa shape index (κ1) is 15.3. The fourth-order valence-corrected chi connectivity index (χ4v) is 4.51. The van der Waals surface area contributed by atoms with Crippen LogP contribution < -0.4 is 0 Å². The summed E-state index contributed by atoms with van der Waals surface area (Å²) in [5.74, 6) is 2.71. The minimum Gasteiger partial charge on any atom is -0.341 e. The summed E-state index contributed by atoms with van der Waals surface area (Å²) in [6, 6.07) is 0. The van der Waals surface area contributed by atoms with Gasteiger partial charge in [0.25, 0.3) is 0 Å². The minimum absolute atomic E-state index is 0.193. The minimum atomic E-state index is -0.384. The van der Waals surface area contributed by atoms with Crippen LogP contribution in [0.2, 0.25) is 0 Å². The molecule has 4 aliphatic rings. The topological polar surface area (TPSA) is 79.5 Å². The highest BCUT2D eigenvalue weighted by molar-refractivity contribution is 5.82. The summed E-state index contributed by atoms with van der Waals surface area (Å²) < 4.78 is 5.54. The first-order valence-corrected chi connectivity index (χ1v) is 9.42. The summed E-state index contributed by atoms with van der Waals surface area (Å²) in [6.45, 7) is 4.40. The number of fused-ring (bicyclic) bond motifs is 1. The number of hydrogen-bond donors (Lipinski definition) is 0. The average Bonchev–Trinajstić information content (AvgIpc) is 3.47. The van der Waals surface area contributed by atoms with Gasteiger partial charge in [0.15, 0.2) is 5.82 Å². The number of likely N-dealkylation sites (tertiary alicyclic amines) is 2. The summed E-state index contributed by atoms with van der Waals surface area (Å²) >= 11 is 0. The van der Waals surface area contributed by atoms with Crippen LogP contribution in [0.25, 0.3) is 0 Å². The Balaban J connectivity index is 1.40. The van der Waals surface area contributed by atoms with Gasteiger partial charge in [-0.3, -0.25) is 9.59 Å². The lowest BCUT2D eigenvalue weighted by Gasteiger charge is -2.26. The van der Waals surface area contributed by atoms with E-state index in [-0.39, 0.29) is 29.1 Å². The van der Waals surface area contributed by atoms with Crippen molar-refractivity contribution >= 4 is 11.8 Å². The van der Waals surface area contributed by atoms with E-state index in [1.165, 1.54) is 12.8 Å². The number of amides is 2. The molecule has 0 bridgehead atoms. The van der Waals surface area contributed by atoms with Gasteiger partial charge in [0, 0.05) is 44.4 Å². The molecule has 0 aromatic carbocycles. The summed E-state index contributed by atoms with van der Waals surface area (Å²) in [7, 11) is 0. The van der Waals surface area contributed by atoms with E-state index in [9.17, 15) is 9.59 Å². The molecule has 2 atom stereocenters. The Labute approximate surface area is 146 Å². The van der Waals surface area contributed by atoms with Gasteiger partial charge in [0.05, 0.1) is 5.41 Å². The lowest BCUT2D eigenvalue weighted by Crippen LogP contribution is -2.41. The zero-order valence-electron chi connectivity index (χ0n) is 14.6. The van der Waals surface area contributed by atoms with Gasteiger partial charge in [-0.1, -0.05) is 5.16 Å². The molecule has 25 heavy (non-hydrogen) atoms. The molecule has 1 aromatic heterocycles. The molecule has 1 aromatic rings. The van der Waals surface area contributed by atoms with Crippen molar-refractivity contribution in [3.63, 3.8) is 0 Å². The van der Waals surface area contributed by atoms with Crippen LogP contribution >= 0.6 is 0 Å². The molecule has 3 heterocycles. The molecule has 0 spiro atoms. The Morgan fingerprint density at radius 3 is 2.52 bits per heavy atom. The van der Waals surface area contributed by atoms with Gasteiger partial charge >= 0.3 is 0 Å². The molecule has 0 radical (unpaired) electrons. The van der Waals surface area contributed by atoms with Crippen LogP contribution in [0.4, 0.5) is 0 Å². The Bertz CT molecular complexity index is 724. The van der Waals surface area contributed by atoms with Crippen LogP contribution in [-0.4, -0.2) is 57.9 Å². The van der Waals surface area contributed by atoms with Gasteiger partial charge in [-0.25, -0.2) is 0 Å². The number of carbonyl (C=O) groups is 2. The van der Waals surface area contributed by atoms with Crippen LogP contribution in [0, 0.1) is 24.7 Å². The molecule has 5 rings (SSSR count). The van der Waals surface area contributed by atoms with Gasteiger partial charge in [0.1, 0.15) is 0 Å².